The van der Waals surface area contributed by atoms with E-state index in [2.05, 4.69) is 21.4 Å². The van der Waals surface area contributed by atoms with Gasteiger partial charge in [0, 0.05) is 12.4 Å². The van der Waals surface area contributed by atoms with E-state index in [1.807, 2.05) is 18.2 Å². The average Bonchev–Trinajstić information content (AvgIpc) is 2.48. The Morgan fingerprint density at radius 1 is 1.35 bits per heavy atom. The third-order valence-corrected chi connectivity index (χ3v) is 3.29. The summed E-state index contributed by atoms with van der Waals surface area (Å²) in [6.45, 7) is 0.653. The van der Waals surface area contributed by atoms with Crippen molar-refractivity contribution < 1.29 is 9.53 Å². The number of ether oxygens (including phenoxy) is 1. The number of aromatic nitrogens is 2. The predicted octanol–water partition coefficient (Wildman–Crippen LogP) is 2.12. The molecule has 1 aromatic carbocycles. The Hall–Kier alpha value is -2.27. The second kappa shape index (κ2) is 5.79. The number of nitrogens with one attached hydrogen (secondary N) is 1. The molecule has 5 heteroatoms. The third-order valence-electron chi connectivity index (χ3n) is 3.29. The zero-order valence-corrected chi connectivity index (χ0v) is 11.0. The van der Waals surface area contributed by atoms with Gasteiger partial charge in [0.25, 0.3) is 0 Å². The molecular formula is C15H15N3O2. The molecule has 102 valence electrons. The highest BCUT2D eigenvalue weighted by Gasteiger charge is 2.23. The first-order chi connectivity index (χ1) is 9.83. The van der Waals surface area contributed by atoms with E-state index in [1.54, 1.807) is 12.4 Å². The summed E-state index contributed by atoms with van der Waals surface area (Å²) < 4.78 is 5.72. The number of carbonyl (C=O) groups excluding carboxylic acids is 1. The lowest BCUT2D eigenvalue weighted by atomic mass is 9.96. The maximum absolute atomic E-state index is 12.0. The summed E-state index contributed by atoms with van der Waals surface area (Å²) in [4.78, 5) is 20.0. The van der Waals surface area contributed by atoms with E-state index in [1.165, 1.54) is 11.8 Å². The maximum atomic E-state index is 12.0. The van der Waals surface area contributed by atoms with Crippen LogP contribution >= 0.6 is 0 Å². The number of anilines is 1. The van der Waals surface area contributed by atoms with Crippen LogP contribution in [-0.4, -0.2) is 22.5 Å². The van der Waals surface area contributed by atoms with E-state index >= 15 is 0 Å². The molecule has 1 aromatic heterocycles. The first-order valence-electron chi connectivity index (χ1n) is 6.58. The van der Waals surface area contributed by atoms with Gasteiger partial charge in [-0.15, -0.1) is 0 Å². The van der Waals surface area contributed by atoms with Gasteiger partial charge in [0.2, 0.25) is 5.91 Å². The highest BCUT2D eigenvalue weighted by Crippen LogP contribution is 2.29. The lowest BCUT2D eigenvalue weighted by molar-refractivity contribution is -0.119. The largest absolute Gasteiger partial charge is 0.373 e. The van der Waals surface area contributed by atoms with Crippen molar-refractivity contribution in [2.24, 2.45) is 0 Å². The van der Waals surface area contributed by atoms with Gasteiger partial charge in [-0.25, -0.2) is 4.98 Å². The molecule has 2 heterocycles. The fraction of sp³-hybridized carbons (Fsp3) is 0.267. The van der Waals surface area contributed by atoms with E-state index in [4.69, 9.17) is 4.74 Å². The summed E-state index contributed by atoms with van der Waals surface area (Å²) in [6.07, 6.45) is 5.63. The van der Waals surface area contributed by atoms with E-state index < -0.39 is 0 Å². The van der Waals surface area contributed by atoms with Crippen molar-refractivity contribution in [2.45, 2.75) is 18.9 Å². The Bertz CT molecular complexity index is 601. The Balaban J connectivity index is 1.68. The second-order valence-corrected chi connectivity index (χ2v) is 4.65. The normalized spacial score (nSPS) is 17.3. The second-order valence-electron chi connectivity index (χ2n) is 4.65. The molecule has 0 aliphatic carbocycles. The van der Waals surface area contributed by atoms with Crippen molar-refractivity contribution in [1.82, 2.24) is 9.97 Å². The van der Waals surface area contributed by atoms with E-state index in [-0.39, 0.29) is 18.4 Å². The number of carbonyl (C=O) groups is 1. The Kier molecular flexibility index (Phi) is 3.69. The first-order valence-corrected chi connectivity index (χ1v) is 6.58. The van der Waals surface area contributed by atoms with Gasteiger partial charge in [-0.1, -0.05) is 24.3 Å². The molecular weight excluding hydrogens is 254 g/mol. The van der Waals surface area contributed by atoms with Crippen molar-refractivity contribution in [3.63, 3.8) is 0 Å². The molecule has 5 nitrogen and oxygen atoms in total. The molecule has 0 saturated heterocycles. The van der Waals surface area contributed by atoms with Crippen LogP contribution in [0.5, 0.6) is 0 Å². The zero-order chi connectivity index (χ0) is 13.8. The van der Waals surface area contributed by atoms with Gasteiger partial charge in [0.05, 0.1) is 25.3 Å². The van der Waals surface area contributed by atoms with Gasteiger partial charge in [-0.3, -0.25) is 9.78 Å². The first kappa shape index (κ1) is 12.7. The monoisotopic (exact) mass is 269 g/mol. The van der Waals surface area contributed by atoms with E-state index in [0.29, 0.717) is 12.4 Å². The van der Waals surface area contributed by atoms with Crippen LogP contribution in [0.25, 0.3) is 0 Å². The number of rotatable bonds is 3. The van der Waals surface area contributed by atoms with Crippen molar-refractivity contribution in [2.75, 3.05) is 11.9 Å². The summed E-state index contributed by atoms with van der Waals surface area (Å²) in [5.74, 6) is 0.341. The lowest BCUT2D eigenvalue weighted by Gasteiger charge is -2.25. The van der Waals surface area contributed by atoms with Crippen LogP contribution in [-0.2, 0) is 16.0 Å². The number of fused-ring (bicyclic) bond motifs is 1. The van der Waals surface area contributed by atoms with Gasteiger partial charge in [0.1, 0.15) is 0 Å². The lowest BCUT2D eigenvalue weighted by Crippen LogP contribution is -2.22. The smallest absolute Gasteiger partial charge is 0.228 e. The Morgan fingerprint density at radius 2 is 2.25 bits per heavy atom. The fourth-order valence-corrected chi connectivity index (χ4v) is 2.37. The molecule has 1 atom stereocenters. The minimum absolute atomic E-state index is 0.118. The fourth-order valence-electron chi connectivity index (χ4n) is 2.37. The molecule has 1 unspecified atom stereocenters. The molecule has 1 aliphatic heterocycles. The minimum atomic E-state index is -0.184. The quantitative estimate of drug-likeness (QED) is 0.927. The van der Waals surface area contributed by atoms with Gasteiger partial charge in [-0.05, 0) is 17.5 Å². The molecule has 2 aromatic rings. The molecule has 1 aliphatic rings. The molecule has 0 fully saturated rings. The molecule has 3 rings (SSSR count). The van der Waals surface area contributed by atoms with Crippen molar-refractivity contribution >= 4 is 11.7 Å². The summed E-state index contributed by atoms with van der Waals surface area (Å²) in [7, 11) is 0. The Labute approximate surface area is 117 Å². The molecule has 1 amide bonds. The van der Waals surface area contributed by atoms with Crippen LogP contribution < -0.4 is 5.32 Å². The SMILES string of the molecule is O=C(CC1OCCc2ccccc21)Nc1cnccn1. The standard InChI is InChI=1S/C15H15N3O2/c19-15(18-14-10-16-6-7-17-14)9-13-12-4-2-1-3-11(12)5-8-20-13/h1-4,6-7,10,13H,5,8-9H2,(H,17,18,19). The van der Waals surface area contributed by atoms with Gasteiger partial charge in [0.15, 0.2) is 5.82 Å². The van der Waals surface area contributed by atoms with E-state index in [9.17, 15) is 4.79 Å². The number of nitrogens with zero attached hydrogens (tertiary/aromatic N) is 2. The highest BCUT2D eigenvalue weighted by molar-refractivity contribution is 5.90. The summed E-state index contributed by atoms with van der Waals surface area (Å²) in [6, 6.07) is 8.10. The van der Waals surface area contributed by atoms with Crippen molar-refractivity contribution in [3.8, 4) is 0 Å². The summed E-state index contributed by atoms with van der Waals surface area (Å²) in [5, 5.41) is 2.73. The molecule has 20 heavy (non-hydrogen) atoms. The van der Waals surface area contributed by atoms with Crippen LogP contribution in [0.15, 0.2) is 42.9 Å². The zero-order valence-electron chi connectivity index (χ0n) is 11.0. The van der Waals surface area contributed by atoms with Gasteiger partial charge in [-0.2, -0.15) is 0 Å². The highest BCUT2D eigenvalue weighted by atomic mass is 16.5. The summed E-state index contributed by atoms with van der Waals surface area (Å²) >= 11 is 0. The van der Waals surface area contributed by atoms with Crippen LogP contribution in [0.2, 0.25) is 0 Å². The van der Waals surface area contributed by atoms with Crippen molar-refractivity contribution in [1.29, 1.82) is 0 Å². The van der Waals surface area contributed by atoms with Crippen LogP contribution in [0.1, 0.15) is 23.7 Å². The number of hydrogen-bond donors (Lipinski definition) is 1. The van der Waals surface area contributed by atoms with Gasteiger partial charge < -0.3 is 10.1 Å². The molecule has 0 saturated carbocycles. The average molecular weight is 269 g/mol. The van der Waals surface area contributed by atoms with Crippen molar-refractivity contribution in [3.05, 3.63) is 54.0 Å². The predicted molar refractivity (Wildman–Crippen MR) is 74.1 cm³/mol. The van der Waals surface area contributed by atoms with E-state index in [0.717, 1.165) is 12.0 Å². The maximum Gasteiger partial charge on any atom is 0.228 e. The van der Waals surface area contributed by atoms with Crippen LogP contribution in [0.4, 0.5) is 5.82 Å². The molecule has 0 bridgehead atoms. The number of amides is 1. The minimum Gasteiger partial charge on any atom is -0.373 e. The van der Waals surface area contributed by atoms with Crippen LogP contribution in [0, 0.1) is 0 Å². The Morgan fingerprint density at radius 3 is 3.10 bits per heavy atom. The molecule has 1 N–H and O–H groups in total. The van der Waals surface area contributed by atoms with Gasteiger partial charge >= 0.3 is 0 Å². The summed E-state index contributed by atoms with van der Waals surface area (Å²) in [5.41, 5.74) is 2.36. The topological polar surface area (TPSA) is 64.1 Å². The molecule has 0 radical (unpaired) electrons. The third kappa shape index (κ3) is 2.83. The number of benzene rings is 1. The van der Waals surface area contributed by atoms with Crippen LogP contribution in [0.3, 0.4) is 0 Å². The number of hydrogen-bond acceptors (Lipinski definition) is 4. The molecule has 0 spiro atoms.